The van der Waals surface area contributed by atoms with Crippen LogP contribution in [0.2, 0.25) is 0 Å². The molecule has 0 amide bonds. The quantitative estimate of drug-likeness (QED) is 0.234. The lowest BCUT2D eigenvalue weighted by Gasteiger charge is -2.32. The second-order valence-corrected chi connectivity index (χ2v) is 7.17. The normalized spacial score (nSPS) is 16.8. The third-order valence-electron chi connectivity index (χ3n) is 4.92. The van der Waals surface area contributed by atoms with Crippen LogP contribution in [0.1, 0.15) is 30.4 Å². The highest BCUT2D eigenvalue weighted by Crippen LogP contribution is 2.29. The highest BCUT2D eigenvalue weighted by molar-refractivity contribution is 14.0. The number of hydrogen-bond donors (Lipinski definition) is 2. The van der Waals surface area contributed by atoms with Crippen LogP contribution < -0.4 is 10.6 Å². The van der Waals surface area contributed by atoms with E-state index in [1.165, 1.54) is 17.0 Å². The number of hydrogen-bond acceptors (Lipinski definition) is 2. The van der Waals surface area contributed by atoms with Crippen LogP contribution in [0.3, 0.4) is 0 Å². The van der Waals surface area contributed by atoms with Gasteiger partial charge in [0.05, 0.1) is 12.1 Å². The van der Waals surface area contributed by atoms with Crippen LogP contribution in [0, 0.1) is 5.92 Å². The first kappa shape index (κ1) is 26.8. The second kappa shape index (κ2) is 12.0. The number of aliphatic imine (C=N–C) groups is 1. The number of alkyl halides is 6. The number of halogens is 7. The largest absolute Gasteiger partial charge is 0.416 e. The van der Waals surface area contributed by atoms with Gasteiger partial charge in [-0.2, -0.15) is 26.3 Å². The number of rotatable bonds is 6. The van der Waals surface area contributed by atoms with E-state index in [1.54, 1.807) is 7.05 Å². The number of piperidine rings is 1. The molecule has 0 bridgehead atoms. The first-order chi connectivity index (χ1) is 13.6. The summed E-state index contributed by atoms with van der Waals surface area (Å²) in [6.07, 6.45) is -6.22. The van der Waals surface area contributed by atoms with E-state index in [1.807, 2.05) is 0 Å². The zero-order chi connectivity index (χ0) is 21.5. The molecule has 1 aromatic carbocycles. The van der Waals surface area contributed by atoms with E-state index in [0.29, 0.717) is 43.6 Å². The zero-order valence-electron chi connectivity index (χ0n) is 16.6. The molecule has 172 valence electrons. The van der Waals surface area contributed by atoms with Crippen LogP contribution in [0.15, 0.2) is 29.3 Å². The summed E-state index contributed by atoms with van der Waals surface area (Å²) in [6.45, 7) is 0.999. The molecule has 0 atom stereocenters. The minimum absolute atomic E-state index is 0. The Morgan fingerprint density at radius 3 is 2.13 bits per heavy atom. The van der Waals surface area contributed by atoms with Crippen molar-refractivity contribution in [2.45, 2.75) is 38.2 Å². The van der Waals surface area contributed by atoms with E-state index in [0.717, 1.165) is 31.4 Å². The smallest absolute Gasteiger partial charge is 0.356 e. The summed E-state index contributed by atoms with van der Waals surface area (Å²) in [5.41, 5.74) is 0.00280. The molecule has 0 radical (unpaired) electrons. The maximum Gasteiger partial charge on any atom is 0.416 e. The SMILES string of the molecule is CN=C(NCCC1CCN(CC(F)(F)F)CC1)NCc1ccc(C(F)(F)F)cc1.I. The maximum absolute atomic E-state index is 12.6. The Kier molecular flexibility index (Phi) is 10.7. The van der Waals surface area contributed by atoms with Gasteiger partial charge in [0.25, 0.3) is 0 Å². The molecule has 0 aromatic heterocycles. The second-order valence-electron chi connectivity index (χ2n) is 7.17. The van der Waals surface area contributed by atoms with Crippen molar-refractivity contribution in [1.29, 1.82) is 0 Å². The van der Waals surface area contributed by atoms with Gasteiger partial charge in [-0.05, 0) is 56.0 Å². The van der Waals surface area contributed by atoms with E-state index in [4.69, 9.17) is 0 Å². The Morgan fingerprint density at radius 2 is 1.63 bits per heavy atom. The van der Waals surface area contributed by atoms with Gasteiger partial charge in [0.1, 0.15) is 0 Å². The lowest BCUT2D eigenvalue weighted by atomic mass is 9.93. The van der Waals surface area contributed by atoms with Crippen LogP contribution in [0.4, 0.5) is 26.3 Å². The van der Waals surface area contributed by atoms with Crippen molar-refractivity contribution in [3.63, 3.8) is 0 Å². The number of guanidine groups is 1. The Bertz CT molecular complexity index is 652. The molecule has 1 heterocycles. The van der Waals surface area contributed by atoms with E-state index >= 15 is 0 Å². The predicted molar refractivity (Wildman–Crippen MR) is 115 cm³/mol. The average molecular weight is 552 g/mol. The van der Waals surface area contributed by atoms with Crippen LogP contribution in [0.25, 0.3) is 0 Å². The standard InChI is InChI=1S/C19H26F6N4.HI/c1-26-17(28-12-15-2-4-16(5-3-15)19(23,24)25)27-9-6-14-7-10-29(11-8-14)13-18(20,21)22;/h2-5,14H,6-13H2,1H3,(H2,26,27,28);1H. The molecule has 2 rings (SSSR count). The monoisotopic (exact) mass is 552 g/mol. The number of benzene rings is 1. The van der Waals surface area contributed by atoms with Gasteiger partial charge in [-0.3, -0.25) is 9.89 Å². The number of nitrogens with one attached hydrogen (secondary N) is 2. The molecule has 0 aliphatic carbocycles. The fourth-order valence-corrected chi connectivity index (χ4v) is 3.30. The van der Waals surface area contributed by atoms with Crippen molar-refractivity contribution in [3.8, 4) is 0 Å². The van der Waals surface area contributed by atoms with Crippen molar-refractivity contribution in [2.24, 2.45) is 10.9 Å². The summed E-state index contributed by atoms with van der Waals surface area (Å²) in [5.74, 6) is 0.888. The molecule has 30 heavy (non-hydrogen) atoms. The first-order valence-corrected chi connectivity index (χ1v) is 9.46. The Balaban J connectivity index is 0.00000450. The van der Waals surface area contributed by atoms with E-state index in [9.17, 15) is 26.3 Å². The molecule has 1 aromatic rings. The number of nitrogens with zero attached hydrogens (tertiary/aromatic N) is 2. The Morgan fingerprint density at radius 1 is 1.03 bits per heavy atom. The molecule has 1 saturated heterocycles. The summed E-state index contributed by atoms with van der Waals surface area (Å²) < 4.78 is 75.0. The molecular formula is C19H27F6IN4. The third-order valence-corrected chi connectivity index (χ3v) is 4.92. The van der Waals surface area contributed by atoms with Crippen LogP contribution >= 0.6 is 24.0 Å². The summed E-state index contributed by atoms with van der Waals surface area (Å²) in [5, 5.41) is 6.18. The van der Waals surface area contributed by atoms with Crippen LogP contribution in [0.5, 0.6) is 0 Å². The van der Waals surface area contributed by atoms with Gasteiger partial charge in [-0.1, -0.05) is 12.1 Å². The predicted octanol–water partition coefficient (Wildman–Crippen LogP) is 4.65. The first-order valence-electron chi connectivity index (χ1n) is 9.46. The average Bonchev–Trinajstić information content (AvgIpc) is 2.64. The molecule has 2 N–H and O–H groups in total. The van der Waals surface area contributed by atoms with Crippen molar-refractivity contribution < 1.29 is 26.3 Å². The number of likely N-dealkylation sites (tertiary alicyclic amines) is 1. The lowest BCUT2D eigenvalue weighted by Crippen LogP contribution is -2.41. The van der Waals surface area contributed by atoms with E-state index in [2.05, 4.69) is 15.6 Å². The Hall–Kier alpha value is -1.24. The molecule has 0 spiro atoms. The van der Waals surface area contributed by atoms with E-state index in [-0.39, 0.29) is 24.0 Å². The van der Waals surface area contributed by atoms with Gasteiger partial charge >= 0.3 is 12.4 Å². The third kappa shape index (κ3) is 9.71. The summed E-state index contributed by atoms with van der Waals surface area (Å²) in [4.78, 5) is 5.52. The molecule has 1 aliphatic heterocycles. The summed E-state index contributed by atoms with van der Waals surface area (Å²) in [6, 6.07) is 4.91. The highest BCUT2D eigenvalue weighted by atomic mass is 127. The highest BCUT2D eigenvalue weighted by Gasteiger charge is 2.32. The topological polar surface area (TPSA) is 39.7 Å². The molecule has 0 unspecified atom stereocenters. The molecular weight excluding hydrogens is 525 g/mol. The molecule has 1 fully saturated rings. The van der Waals surface area contributed by atoms with Crippen molar-refractivity contribution >= 4 is 29.9 Å². The minimum atomic E-state index is -4.35. The Labute approximate surface area is 189 Å². The molecule has 0 saturated carbocycles. The minimum Gasteiger partial charge on any atom is -0.356 e. The van der Waals surface area contributed by atoms with Gasteiger partial charge in [-0.15, -0.1) is 24.0 Å². The fraction of sp³-hybridized carbons (Fsp3) is 0.632. The fourth-order valence-electron chi connectivity index (χ4n) is 3.30. The van der Waals surface area contributed by atoms with Gasteiger partial charge in [0, 0.05) is 20.1 Å². The molecule has 4 nitrogen and oxygen atoms in total. The van der Waals surface area contributed by atoms with Crippen LogP contribution in [-0.4, -0.2) is 50.3 Å². The van der Waals surface area contributed by atoms with E-state index < -0.39 is 24.5 Å². The van der Waals surface area contributed by atoms with Gasteiger partial charge in [-0.25, -0.2) is 0 Å². The van der Waals surface area contributed by atoms with Crippen molar-refractivity contribution in [2.75, 3.05) is 33.2 Å². The molecule has 11 heteroatoms. The van der Waals surface area contributed by atoms with Crippen LogP contribution in [-0.2, 0) is 12.7 Å². The zero-order valence-corrected chi connectivity index (χ0v) is 18.9. The van der Waals surface area contributed by atoms with Gasteiger partial charge in [0.15, 0.2) is 5.96 Å². The summed E-state index contributed by atoms with van der Waals surface area (Å²) >= 11 is 0. The van der Waals surface area contributed by atoms with Crippen molar-refractivity contribution in [1.82, 2.24) is 15.5 Å². The maximum atomic E-state index is 12.6. The van der Waals surface area contributed by atoms with Gasteiger partial charge in [0.2, 0.25) is 0 Å². The van der Waals surface area contributed by atoms with Gasteiger partial charge < -0.3 is 10.6 Å². The van der Waals surface area contributed by atoms with Crippen molar-refractivity contribution in [3.05, 3.63) is 35.4 Å². The molecule has 1 aliphatic rings. The summed E-state index contributed by atoms with van der Waals surface area (Å²) in [7, 11) is 1.59. The lowest BCUT2D eigenvalue weighted by molar-refractivity contribution is -0.148.